The van der Waals surface area contributed by atoms with E-state index in [-0.39, 0.29) is 18.7 Å². The van der Waals surface area contributed by atoms with Gasteiger partial charge >= 0.3 is 5.97 Å². The molecule has 1 amide bonds. The van der Waals surface area contributed by atoms with E-state index in [4.69, 9.17) is 14.2 Å². The molecule has 0 radical (unpaired) electrons. The largest absolute Gasteiger partial charge is 0.454 e. The first-order chi connectivity index (χ1) is 14.7. The number of rotatable bonds is 5. The van der Waals surface area contributed by atoms with Crippen molar-refractivity contribution in [1.82, 2.24) is 5.01 Å². The van der Waals surface area contributed by atoms with E-state index in [2.05, 4.69) is 5.10 Å². The molecule has 9 heteroatoms. The molecule has 0 aliphatic carbocycles. The number of fused-ring (bicyclic) bond motifs is 1. The average Bonchev–Trinajstić information content (AvgIpc) is 3.56. The van der Waals surface area contributed by atoms with Gasteiger partial charge in [-0.3, -0.25) is 4.79 Å². The second kappa shape index (κ2) is 7.92. The molecule has 152 valence electrons. The lowest BCUT2D eigenvalue weighted by Crippen LogP contribution is -2.31. The Morgan fingerprint density at radius 3 is 2.73 bits per heavy atom. The Kier molecular flexibility index (Phi) is 4.97. The van der Waals surface area contributed by atoms with Crippen LogP contribution in [-0.2, 0) is 9.53 Å². The van der Waals surface area contributed by atoms with Crippen molar-refractivity contribution in [3.05, 3.63) is 68.5 Å². The van der Waals surface area contributed by atoms with E-state index < -0.39 is 12.6 Å². The van der Waals surface area contributed by atoms with Crippen LogP contribution in [0.15, 0.2) is 58.3 Å². The molecule has 1 atom stereocenters. The van der Waals surface area contributed by atoms with Crippen molar-refractivity contribution in [3.63, 3.8) is 0 Å². The van der Waals surface area contributed by atoms with E-state index in [1.54, 1.807) is 40.9 Å². The Balaban J connectivity index is 1.30. The van der Waals surface area contributed by atoms with Crippen LogP contribution in [-0.4, -0.2) is 36.0 Å². The monoisotopic (exact) mass is 440 g/mol. The van der Waals surface area contributed by atoms with Gasteiger partial charge in [-0.2, -0.15) is 5.10 Å². The SMILES string of the molecule is O=C(OCC(=O)N1N=C(c2cccs2)C[C@H]1c1cccs1)c1ccc2c(c1)OCO2. The quantitative estimate of drug-likeness (QED) is 0.559. The van der Waals surface area contributed by atoms with Gasteiger partial charge in [0, 0.05) is 11.3 Å². The highest BCUT2D eigenvalue weighted by Crippen LogP contribution is 2.36. The van der Waals surface area contributed by atoms with Crippen molar-refractivity contribution in [2.45, 2.75) is 12.5 Å². The minimum atomic E-state index is -0.601. The van der Waals surface area contributed by atoms with Crippen molar-refractivity contribution in [3.8, 4) is 11.5 Å². The zero-order valence-corrected chi connectivity index (χ0v) is 17.3. The summed E-state index contributed by atoms with van der Waals surface area (Å²) in [5.74, 6) is 0.0947. The summed E-state index contributed by atoms with van der Waals surface area (Å²) in [5.41, 5.74) is 1.16. The second-order valence-electron chi connectivity index (χ2n) is 6.64. The lowest BCUT2D eigenvalue weighted by molar-refractivity contribution is -0.136. The molecule has 1 aromatic carbocycles. The van der Waals surface area contributed by atoms with E-state index in [0.717, 1.165) is 15.5 Å². The minimum Gasteiger partial charge on any atom is -0.454 e. The van der Waals surface area contributed by atoms with Crippen LogP contribution in [0.2, 0.25) is 0 Å². The Morgan fingerprint density at radius 1 is 1.10 bits per heavy atom. The second-order valence-corrected chi connectivity index (χ2v) is 8.57. The van der Waals surface area contributed by atoms with Crippen LogP contribution in [0.3, 0.4) is 0 Å². The van der Waals surface area contributed by atoms with Gasteiger partial charge in [-0.25, -0.2) is 9.80 Å². The molecule has 0 N–H and O–H groups in total. The normalized spacial score (nSPS) is 17.1. The smallest absolute Gasteiger partial charge is 0.338 e. The van der Waals surface area contributed by atoms with Crippen molar-refractivity contribution in [2.24, 2.45) is 5.10 Å². The molecule has 0 bridgehead atoms. The summed E-state index contributed by atoms with van der Waals surface area (Å²) in [6.45, 7) is -0.271. The Morgan fingerprint density at radius 2 is 1.93 bits per heavy atom. The summed E-state index contributed by atoms with van der Waals surface area (Å²) in [6, 6.07) is 12.5. The van der Waals surface area contributed by atoms with E-state index in [1.165, 1.54) is 5.01 Å². The van der Waals surface area contributed by atoms with Crippen molar-refractivity contribution in [1.29, 1.82) is 0 Å². The van der Waals surface area contributed by atoms with Gasteiger partial charge in [-0.15, -0.1) is 22.7 Å². The highest BCUT2D eigenvalue weighted by atomic mass is 32.1. The number of carbonyl (C=O) groups is 2. The van der Waals surface area contributed by atoms with Crippen molar-refractivity contribution >= 4 is 40.3 Å². The molecule has 0 saturated heterocycles. The third-order valence-electron chi connectivity index (χ3n) is 4.78. The molecule has 7 nitrogen and oxygen atoms in total. The van der Waals surface area contributed by atoms with Crippen LogP contribution in [0, 0.1) is 0 Å². The number of hydrazone groups is 1. The summed E-state index contributed by atoms with van der Waals surface area (Å²) >= 11 is 3.16. The Hall–Kier alpha value is -3.17. The van der Waals surface area contributed by atoms with Crippen molar-refractivity contribution in [2.75, 3.05) is 13.4 Å². The maximum Gasteiger partial charge on any atom is 0.338 e. The number of benzene rings is 1. The first-order valence-electron chi connectivity index (χ1n) is 9.22. The lowest BCUT2D eigenvalue weighted by Gasteiger charge is -2.20. The average molecular weight is 441 g/mol. The first-order valence-corrected chi connectivity index (χ1v) is 11.0. The number of hydrogen-bond acceptors (Lipinski definition) is 8. The van der Waals surface area contributed by atoms with Crippen molar-refractivity contribution < 1.29 is 23.8 Å². The fourth-order valence-corrected chi connectivity index (χ4v) is 4.87. The van der Waals surface area contributed by atoms with E-state index in [1.807, 2.05) is 35.0 Å². The third-order valence-corrected chi connectivity index (χ3v) is 6.67. The molecule has 2 aliphatic rings. The fraction of sp³-hybridized carbons (Fsp3) is 0.190. The standard InChI is InChI=1S/C21H16N2O5S2/c24-20(11-26-21(25)13-5-6-16-17(9-13)28-12-27-16)23-15(19-4-2-8-30-19)10-14(22-23)18-3-1-7-29-18/h1-9,15H,10-12H2/t15-/m0/s1. The molecule has 0 spiro atoms. The molecular weight excluding hydrogens is 424 g/mol. The molecule has 5 rings (SSSR count). The molecule has 4 heterocycles. The van der Waals surface area contributed by atoms with E-state index in [0.29, 0.717) is 23.5 Å². The molecular formula is C21H16N2O5S2. The van der Waals surface area contributed by atoms with Gasteiger partial charge in [0.15, 0.2) is 18.1 Å². The Labute approximate surface area is 180 Å². The van der Waals surface area contributed by atoms with Gasteiger partial charge in [0.1, 0.15) is 0 Å². The van der Waals surface area contributed by atoms with Crippen LogP contribution in [0.25, 0.3) is 0 Å². The first kappa shape index (κ1) is 18.8. The number of nitrogens with zero attached hydrogens (tertiary/aromatic N) is 2. The number of hydrogen-bond donors (Lipinski definition) is 0. The molecule has 0 unspecified atom stereocenters. The maximum atomic E-state index is 12.9. The van der Waals surface area contributed by atoms with E-state index >= 15 is 0 Å². The number of esters is 1. The summed E-state index contributed by atoms with van der Waals surface area (Å²) < 4.78 is 15.8. The van der Waals surface area contributed by atoms with Gasteiger partial charge < -0.3 is 14.2 Å². The summed E-state index contributed by atoms with van der Waals surface area (Å²) in [7, 11) is 0. The molecule has 30 heavy (non-hydrogen) atoms. The summed E-state index contributed by atoms with van der Waals surface area (Å²) in [5, 5.41) is 9.95. The molecule has 3 aromatic rings. The molecule has 2 aliphatic heterocycles. The number of carbonyl (C=O) groups excluding carboxylic acids is 2. The lowest BCUT2D eigenvalue weighted by atomic mass is 10.1. The van der Waals surface area contributed by atoms with Gasteiger partial charge in [0.2, 0.25) is 6.79 Å². The van der Waals surface area contributed by atoms with Crippen LogP contribution >= 0.6 is 22.7 Å². The summed E-state index contributed by atoms with van der Waals surface area (Å²) in [6.07, 6.45) is 0.628. The Bertz CT molecular complexity index is 1110. The number of amides is 1. The van der Waals surface area contributed by atoms with Gasteiger partial charge in [0.25, 0.3) is 5.91 Å². The maximum absolute atomic E-state index is 12.9. The highest BCUT2D eigenvalue weighted by Gasteiger charge is 2.34. The van der Waals surface area contributed by atoms with Gasteiger partial charge in [-0.1, -0.05) is 12.1 Å². The van der Waals surface area contributed by atoms with E-state index in [9.17, 15) is 9.59 Å². The predicted octanol–water partition coefficient (Wildman–Crippen LogP) is 4.07. The zero-order valence-electron chi connectivity index (χ0n) is 15.6. The molecule has 0 fully saturated rings. The van der Waals surface area contributed by atoms with Crippen LogP contribution < -0.4 is 9.47 Å². The molecule has 2 aromatic heterocycles. The number of ether oxygens (including phenoxy) is 3. The molecule has 0 saturated carbocycles. The van der Waals surface area contributed by atoms with Gasteiger partial charge in [-0.05, 0) is 41.1 Å². The van der Waals surface area contributed by atoms with Crippen LogP contribution in [0.1, 0.15) is 32.6 Å². The number of thiophene rings is 2. The highest BCUT2D eigenvalue weighted by molar-refractivity contribution is 7.12. The topological polar surface area (TPSA) is 77.4 Å². The zero-order chi connectivity index (χ0) is 20.5. The fourth-order valence-electron chi connectivity index (χ4n) is 3.33. The summed E-state index contributed by atoms with van der Waals surface area (Å²) in [4.78, 5) is 27.4. The third kappa shape index (κ3) is 3.57. The van der Waals surface area contributed by atoms with Crippen LogP contribution in [0.5, 0.6) is 11.5 Å². The van der Waals surface area contributed by atoms with Gasteiger partial charge in [0.05, 0.1) is 22.2 Å². The minimum absolute atomic E-state index is 0.121. The predicted molar refractivity (Wildman–Crippen MR) is 112 cm³/mol. The van der Waals surface area contributed by atoms with Crippen LogP contribution in [0.4, 0.5) is 0 Å².